The van der Waals surface area contributed by atoms with Crippen LogP contribution in [-0.4, -0.2) is 54.0 Å². The third-order valence-corrected chi connectivity index (χ3v) is 5.19. The van der Waals surface area contributed by atoms with Crippen LogP contribution < -0.4 is 16.2 Å². The molecule has 2 heterocycles. The lowest BCUT2D eigenvalue weighted by Crippen LogP contribution is -2.33. The molecule has 1 amide bonds. The van der Waals surface area contributed by atoms with Gasteiger partial charge < -0.3 is 15.4 Å². The van der Waals surface area contributed by atoms with Gasteiger partial charge in [0.05, 0.1) is 23.6 Å². The van der Waals surface area contributed by atoms with Crippen molar-refractivity contribution in [3.63, 3.8) is 0 Å². The largest absolute Gasteiger partial charge is 0.383 e. The Bertz CT molecular complexity index is 844. The number of thiazole rings is 1. The van der Waals surface area contributed by atoms with Gasteiger partial charge in [0.25, 0.3) is 11.5 Å². The second-order valence-electron chi connectivity index (χ2n) is 5.95. The number of carbonyl (C=O) groups is 1. The van der Waals surface area contributed by atoms with Gasteiger partial charge in [-0.2, -0.15) is 5.10 Å². The smallest absolute Gasteiger partial charge is 0.277 e. The van der Waals surface area contributed by atoms with Crippen molar-refractivity contribution in [1.29, 1.82) is 0 Å². The van der Waals surface area contributed by atoms with Gasteiger partial charge in [-0.25, -0.2) is 9.67 Å². The summed E-state index contributed by atoms with van der Waals surface area (Å²) in [4.78, 5) is 29.9. The van der Waals surface area contributed by atoms with Gasteiger partial charge in [-0.1, -0.05) is 0 Å². The van der Waals surface area contributed by atoms with E-state index in [1.165, 1.54) is 16.0 Å². The first-order valence-electron chi connectivity index (χ1n) is 8.37. The van der Waals surface area contributed by atoms with Gasteiger partial charge >= 0.3 is 0 Å². The molecule has 0 aliphatic rings. The second-order valence-corrected chi connectivity index (χ2v) is 6.95. The van der Waals surface area contributed by atoms with E-state index in [1.54, 1.807) is 21.1 Å². The summed E-state index contributed by atoms with van der Waals surface area (Å²) in [5.41, 5.74) is 2.47. The van der Waals surface area contributed by atoms with Crippen LogP contribution in [0.25, 0.3) is 10.6 Å². The van der Waals surface area contributed by atoms with E-state index in [9.17, 15) is 9.59 Å². The van der Waals surface area contributed by atoms with E-state index in [-0.39, 0.29) is 11.5 Å². The van der Waals surface area contributed by atoms with E-state index in [4.69, 9.17) is 4.74 Å². The minimum Gasteiger partial charge on any atom is -0.383 e. The van der Waals surface area contributed by atoms with E-state index >= 15 is 0 Å². The maximum Gasteiger partial charge on any atom is 0.277 e. The molecule has 0 atom stereocenters. The van der Waals surface area contributed by atoms with Crippen LogP contribution in [0.5, 0.6) is 0 Å². The van der Waals surface area contributed by atoms with Crippen molar-refractivity contribution in [2.45, 2.75) is 20.8 Å². The fraction of sp³-hybridized carbons (Fsp3) is 0.529. The number of aryl methyl sites for hydroxylation is 3. The van der Waals surface area contributed by atoms with Crippen molar-refractivity contribution in [2.24, 2.45) is 7.05 Å². The Morgan fingerprint density at radius 1 is 1.19 bits per heavy atom. The summed E-state index contributed by atoms with van der Waals surface area (Å²) in [5, 5.41) is 10.8. The summed E-state index contributed by atoms with van der Waals surface area (Å²) in [6.07, 6.45) is 0. The topological polar surface area (TPSA) is 98.1 Å². The zero-order chi connectivity index (χ0) is 19.3. The van der Waals surface area contributed by atoms with E-state index < -0.39 is 0 Å². The zero-order valence-electron chi connectivity index (χ0n) is 15.8. The molecular weight excluding hydrogens is 354 g/mol. The standard InChI is InChI=1S/C17H25N5O3S/c1-10-11(2)21-22(4)17(24)13(10)16-20-12(3)14(26-16)15(23)19-7-6-18-8-9-25-5/h18H,6-9H2,1-5H3,(H,19,23). The van der Waals surface area contributed by atoms with Crippen molar-refractivity contribution in [1.82, 2.24) is 25.4 Å². The molecular formula is C17H25N5O3S. The van der Waals surface area contributed by atoms with Gasteiger partial charge in [0.1, 0.15) is 9.88 Å². The van der Waals surface area contributed by atoms with Crippen LogP contribution in [0.1, 0.15) is 26.6 Å². The first-order chi connectivity index (χ1) is 12.4. The number of nitrogens with one attached hydrogen (secondary N) is 2. The molecule has 0 saturated heterocycles. The molecule has 0 bridgehead atoms. The highest BCUT2D eigenvalue weighted by Crippen LogP contribution is 2.28. The fourth-order valence-corrected chi connectivity index (χ4v) is 3.53. The number of nitrogens with zero attached hydrogens (tertiary/aromatic N) is 3. The van der Waals surface area contributed by atoms with Crippen molar-refractivity contribution < 1.29 is 9.53 Å². The van der Waals surface area contributed by atoms with E-state index in [1.807, 2.05) is 13.8 Å². The molecule has 9 heteroatoms. The van der Waals surface area contributed by atoms with Crippen LogP contribution in [0.4, 0.5) is 0 Å². The number of amides is 1. The van der Waals surface area contributed by atoms with Crippen LogP contribution in [0.15, 0.2) is 4.79 Å². The second kappa shape index (κ2) is 9.02. The number of aromatic nitrogens is 3. The summed E-state index contributed by atoms with van der Waals surface area (Å²) < 4.78 is 6.25. The van der Waals surface area contributed by atoms with Crippen molar-refractivity contribution in [3.8, 4) is 10.6 Å². The molecule has 2 aromatic rings. The number of hydrogen-bond donors (Lipinski definition) is 2. The Hall–Kier alpha value is -2.10. The lowest BCUT2D eigenvalue weighted by Gasteiger charge is -2.07. The quantitative estimate of drug-likeness (QED) is 0.658. The molecule has 0 aliphatic heterocycles. The van der Waals surface area contributed by atoms with Crippen molar-refractivity contribution in [3.05, 3.63) is 32.2 Å². The van der Waals surface area contributed by atoms with Crippen LogP contribution in [0.3, 0.4) is 0 Å². The number of methoxy groups -OCH3 is 1. The van der Waals surface area contributed by atoms with E-state index in [2.05, 4.69) is 20.7 Å². The third kappa shape index (κ3) is 4.54. The van der Waals surface area contributed by atoms with Gasteiger partial charge in [-0.05, 0) is 26.3 Å². The Balaban J connectivity index is 2.15. The summed E-state index contributed by atoms with van der Waals surface area (Å²) in [6.45, 7) is 8.00. The molecule has 0 aromatic carbocycles. The van der Waals surface area contributed by atoms with Crippen LogP contribution in [0.2, 0.25) is 0 Å². The van der Waals surface area contributed by atoms with Gasteiger partial charge in [0.15, 0.2) is 0 Å². The summed E-state index contributed by atoms with van der Waals surface area (Å²) in [6, 6.07) is 0. The van der Waals surface area contributed by atoms with E-state index in [0.717, 1.165) is 17.8 Å². The van der Waals surface area contributed by atoms with Gasteiger partial charge in [-0.3, -0.25) is 9.59 Å². The summed E-state index contributed by atoms with van der Waals surface area (Å²) >= 11 is 1.23. The highest BCUT2D eigenvalue weighted by molar-refractivity contribution is 7.17. The van der Waals surface area contributed by atoms with Crippen molar-refractivity contribution >= 4 is 17.2 Å². The summed E-state index contributed by atoms with van der Waals surface area (Å²) in [7, 11) is 3.26. The molecule has 2 N–H and O–H groups in total. The predicted octanol–water partition coefficient (Wildman–Crippen LogP) is 0.795. The molecule has 0 spiro atoms. The summed E-state index contributed by atoms with van der Waals surface area (Å²) in [5.74, 6) is -0.181. The molecule has 8 nitrogen and oxygen atoms in total. The average Bonchev–Trinajstić information content (AvgIpc) is 2.98. The highest BCUT2D eigenvalue weighted by atomic mass is 32.1. The van der Waals surface area contributed by atoms with Gasteiger partial charge in [0.2, 0.25) is 0 Å². The minimum atomic E-state index is -0.212. The molecule has 0 radical (unpaired) electrons. The lowest BCUT2D eigenvalue weighted by molar-refractivity contribution is 0.0957. The minimum absolute atomic E-state index is 0.181. The van der Waals surface area contributed by atoms with Crippen LogP contribution >= 0.6 is 11.3 Å². The Labute approximate surface area is 156 Å². The molecule has 26 heavy (non-hydrogen) atoms. The van der Waals surface area contributed by atoms with Gasteiger partial charge in [0, 0.05) is 33.8 Å². The predicted molar refractivity (Wildman–Crippen MR) is 102 cm³/mol. The molecule has 0 aliphatic carbocycles. The molecule has 0 fully saturated rings. The highest BCUT2D eigenvalue weighted by Gasteiger charge is 2.20. The molecule has 0 saturated carbocycles. The van der Waals surface area contributed by atoms with Crippen molar-refractivity contribution in [2.75, 3.05) is 33.4 Å². The molecule has 2 rings (SSSR count). The van der Waals surface area contributed by atoms with E-state index in [0.29, 0.717) is 40.8 Å². The molecule has 142 valence electrons. The molecule has 2 aromatic heterocycles. The van der Waals surface area contributed by atoms with Crippen LogP contribution in [0, 0.1) is 20.8 Å². The Morgan fingerprint density at radius 2 is 1.92 bits per heavy atom. The number of carbonyl (C=O) groups excluding carboxylic acids is 1. The number of hydrogen-bond acceptors (Lipinski definition) is 7. The fourth-order valence-electron chi connectivity index (χ4n) is 2.46. The number of rotatable bonds is 8. The number of ether oxygens (including phenoxy) is 1. The van der Waals surface area contributed by atoms with Crippen LogP contribution in [-0.2, 0) is 11.8 Å². The van der Waals surface area contributed by atoms with Gasteiger partial charge in [-0.15, -0.1) is 11.3 Å². The maximum absolute atomic E-state index is 12.5. The maximum atomic E-state index is 12.5. The first kappa shape index (κ1) is 20.2. The SMILES string of the molecule is COCCNCCNC(=O)c1sc(-c2c(C)c(C)nn(C)c2=O)nc1C. The normalized spacial score (nSPS) is 11.0. The first-order valence-corrected chi connectivity index (χ1v) is 9.18. The third-order valence-electron chi connectivity index (χ3n) is 4.01. The monoisotopic (exact) mass is 379 g/mol. The Kier molecular flexibility index (Phi) is 7.01. The lowest BCUT2D eigenvalue weighted by atomic mass is 10.1. The average molecular weight is 379 g/mol. The molecule has 0 unspecified atom stereocenters. The zero-order valence-corrected chi connectivity index (χ0v) is 16.6. The Morgan fingerprint density at radius 3 is 2.62 bits per heavy atom.